The normalized spacial score (nSPS) is 20.5. The van der Waals surface area contributed by atoms with Gasteiger partial charge in [0.05, 0.1) is 29.2 Å². The number of hydrogen-bond acceptors (Lipinski definition) is 5. The van der Waals surface area contributed by atoms with Crippen LogP contribution in [0.2, 0.25) is 0 Å². The first-order chi connectivity index (χ1) is 18.2. The summed E-state index contributed by atoms with van der Waals surface area (Å²) in [7, 11) is 0. The smallest absolute Gasteiger partial charge is 0.387 e. The first-order valence-electron chi connectivity index (χ1n) is 12.1. The van der Waals surface area contributed by atoms with E-state index in [1.807, 2.05) is 17.5 Å². The van der Waals surface area contributed by atoms with E-state index in [1.165, 1.54) is 47.6 Å². The predicted molar refractivity (Wildman–Crippen MR) is 140 cm³/mol. The second-order valence-corrected chi connectivity index (χ2v) is 11.7. The second-order valence-electron chi connectivity index (χ2n) is 9.59. The molecule has 3 heterocycles. The number of piperidine rings is 1. The van der Waals surface area contributed by atoms with E-state index in [0.29, 0.717) is 30.8 Å². The standard InChI is InChI=1S/C28H23F4N3OS2/c29-21-5-7-22(8-6-21)35-24-14-20-11-12-34(38-23-9-3-19(4-10-23)28(30,31)32)17-27(20,15-18(24)16-33-35)26(36)25-2-1-13-37-25/h1-10,13-14,16,26,36H,11-12,15,17H2/t26?,27-/m0/s1. The number of aliphatic hydroxyl groups excluding tert-OH is 1. The molecular weight excluding hydrogens is 534 g/mol. The number of thiophene rings is 1. The van der Waals surface area contributed by atoms with Crippen molar-refractivity contribution in [2.45, 2.75) is 30.0 Å². The Hall–Kier alpha value is -2.92. The predicted octanol–water partition coefficient (Wildman–Crippen LogP) is 7.16. The summed E-state index contributed by atoms with van der Waals surface area (Å²) in [6.45, 7) is 1.20. The van der Waals surface area contributed by atoms with Gasteiger partial charge in [-0.05, 0) is 96.4 Å². The van der Waals surface area contributed by atoms with Crippen LogP contribution in [0.4, 0.5) is 17.6 Å². The van der Waals surface area contributed by atoms with E-state index in [9.17, 15) is 22.7 Å². The summed E-state index contributed by atoms with van der Waals surface area (Å²) in [6.07, 6.45) is 0.0131. The van der Waals surface area contributed by atoms with Gasteiger partial charge in [-0.1, -0.05) is 11.6 Å². The molecule has 0 amide bonds. The Morgan fingerprint density at radius 3 is 2.50 bits per heavy atom. The van der Waals surface area contributed by atoms with E-state index in [4.69, 9.17) is 0 Å². The van der Waals surface area contributed by atoms with E-state index >= 15 is 0 Å². The molecule has 4 aromatic rings. The summed E-state index contributed by atoms with van der Waals surface area (Å²) < 4.78 is 56.5. The van der Waals surface area contributed by atoms with Gasteiger partial charge in [0.15, 0.2) is 0 Å². The summed E-state index contributed by atoms with van der Waals surface area (Å²) in [5, 5.41) is 18.3. The van der Waals surface area contributed by atoms with Crippen molar-refractivity contribution in [2.24, 2.45) is 5.41 Å². The van der Waals surface area contributed by atoms with Crippen LogP contribution >= 0.6 is 23.3 Å². The molecule has 1 N–H and O–H groups in total. The summed E-state index contributed by atoms with van der Waals surface area (Å²) in [6, 6.07) is 15.2. The van der Waals surface area contributed by atoms with E-state index in [-0.39, 0.29) is 5.82 Å². The fourth-order valence-corrected chi connectivity index (χ4v) is 7.22. The number of alkyl halides is 3. The van der Waals surface area contributed by atoms with Crippen molar-refractivity contribution in [1.29, 1.82) is 0 Å². The molecule has 2 aromatic heterocycles. The minimum absolute atomic E-state index is 0.316. The van der Waals surface area contributed by atoms with Gasteiger partial charge < -0.3 is 5.11 Å². The zero-order valence-corrected chi connectivity index (χ0v) is 21.7. The quantitative estimate of drug-likeness (QED) is 0.209. The lowest BCUT2D eigenvalue weighted by Crippen LogP contribution is -2.48. The lowest BCUT2D eigenvalue weighted by Gasteiger charge is -2.48. The molecule has 2 aliphatic rings. The average Bonchev–Trinajstić information content (AvgIpc) is 3.57. The van der Waals surface area contributed by atoms with Gasteiger partial charge in [0.2, 0.25) is 0 Å². The monoisotopic (exact) mass is 557 g/mol. The van der Waals surface area contributed by atoms with Crippen molar-refractivity contribution in [3.8, 4) is 5.69 Å². The molecular formula is C28H23F4N3OS2. The van der Waals surface area contributed by atoms with Crippen molar-refractivity contribution >= 4 is 29.4 Å². The lowest BCUT2D eigenvalue weighted by atomic mass is 9.65. The number of benzene rings is 2. The Balaban J connectivity index is 1.33. The Kier molecular flexibility index (Phi) is 6.46. The molecule has 10 heteroatoms. The van der Waals surface area contributed by atoms with Crippen LogP contribution in [0.15, 0.2) is 82.7 Å². The fraction of sp³-hybridized carbons (Fsp3) is 0.250. The first-order valence-corrected chi connectivity index (χ1v) is 13.7. The third-order valence-corrected chi connectivity index (χ3v) is 9.23. The highest BCUT2D eigenvalue weighted by Gasteiger charge is 2.49. The van der Waals surface area contributed by atoms with Gasteiger partial charge >= 0.3 is 6.18 Å². The van der Waals surface area contributed by atoms with Crippen LogP contribution in [0.25, 0.3) is 11.8 Å². The number of nitrogens with zero attached hydrogens (tertiary/aromatic N) is 3. The van der Waals surface area contributed by atoms with Gasteiger partial charge in [0.1, 0.15) is 5.82 Å². The SMILES string of the molecule is OC(c1cccs1)[C@]12Cc3cnn(-c4ccc(F)cc4)c3C=C1CCN(Sc1ccc(C(F)(F)F)cc1)C2. The van der Waals surface area contributed by atoms with Crippen molar-refractivity contribution in [2.75, 3.05) is 13.1 Å². The number of aliphatic hydroxyl groups is 1. The highest BCUT2D eigenvalue weighted by atomic mass is 32.2. The van der Waals surface area contributed by atoms with E-state index in [1.54, 1.807) is 23.0 Å². The van der Waals surface area contributed by atoms with E-state index in [2.05, 4.69) is 15.5 Å². The van der Waals surface area contributed by atoms with E-state index in [0.717, 1.165) is 39.5 Å². The highest BCUT2D eigenvalue weighted by Crippen LogP contribution is 2.53. The third-order valence-electron chi connectivity index (χ3n) is 7.26. The summed E-state index contributed by atoms with van der Waals surface area (Å²) in [4.78, 5) is 1.58. The number of aromatic nitrogens is 2. The maximum absolute atomic E-state index is 13.5. The summed E-state index contributed by atoms with van der Waals surface area (Å²) >= 11 is 2.92. The minimum atomic E-state index is -4.37. The third kappa shape index (κ3) is 4.59. The first kappa shape index (κ1) is 25.4. The summed E-state index contributed by atoms with van der Waals surface area (Å²) in [5.74, 6) is -0.316. The number of hydrogen-bond donors (Lipinski definition) is 1. The maximum Gasteiger partial charge on any atom is 0.416 e. The molecule has 4 nitrogen and oxygen atoms in total. The van der Waals surface area contributed by atoms with Crippen LogP contribution in [0, 0.1) is 11.2 Å². The molecule has 196 valence electrons. The molecule has 0 spiro atoms. The topological polar surface area (TPSA) is 41.3 Å². The zero-order chi connectivity index (χ0) is 26.5. The van der Waals surface area contributed by atoms with Crippen LogP contribution in [0.1, 0.15) is 34.2 Å². The second kappa shape index (κ2) is 9.68. The van der Waals surface area contributed by atoms with Gasteiger partial charge in [0.25, 0.3) is 0 Å². The molecule has 0 saturated carbocycles. The molecule has 1 aliphatic heterocycles. The van der Waals surface area contributed by atoms with Gasteiger partial charge in [-0.3, -0.25) is 0 Å². The molecule has 2 atom stereocenters. The fourth-order valence-electron chi connectivity index (χ4n) is 5.36. The van der Waals surface area contributed by atoms with E-state index < -0.39 is 23.3 Å². The molecule has 6 rings (SSSR count). The zero-order valence-electron chi connectivity index (χ0n) is 20.0. The molecule has 1 fully saturated rings. The molecule has 1 aliphatic carbocycles. The molecule has 38 heavy (non-hydrogen) atoms. The largest absolute Gasteiger partial charge is 0.416 e. The van der Waals surface area contributed by atoms with Crippen molar-refractivity contribution in [3.05, 3.63) is 105 Å². The minimum Gasteiger partial charge on any atom is -0.387 e. The molecule has 2 aromatic carbocycles. The number of rotatable bonds is 5. The van der Waals surface area contributed by atoms with Crippen LogP contribution < -0.4 is 0 Å². The van der Waals surface area contributed by atoms with Gasteiger partial charge in [0, 0.05) is 28.3 Å². The molecule has 1 saturated heterocycles. The lowest BCUT2D eigenvalue weighted by molar-refractivity contribution is -0.137. The van der Waals surface area contributed by atoms with Crippen LogP contribution in [0.5, 0.6) is 0 Å². The number of fused-ring (bicyclic) bond motifs is 2. The highest BCUT2D eigenvalue weighted by molar-refractivity contribution is 7.97. The molecule has 0 bridgehead atoms. The Morgan fingerprint density at radius 2 is 1.82 bits per heavy atom. The van der Waals surface area contributed by atoms with Crippen molar-refractivity contribution in [1.82, 2.24) is 14.1 Å². The Labute approximate surface area is 225 Å². The van der Waals surface area contributed by atoms with Crippen LogP contribution in [-0.2, 0) is 12.6 Å². The average molecular weight is 558 g/mol. The van der Waals surface area contributed by atoms with Gasteiger partial charge in [-0.15, -0.1) is 11.3 Å². The van der Waals surface area contributed by atoms with Gasteiger partial charge in [-0.2, -0.15) is 18.3 Å². The molecule has 0 radical (unpaired) electrons. The van der Waals surface area contributed by atoms with Crippen molar-refractivity contribution < 1.29 is 22.7 Å². The Morgan fingerprint density at radius 1 is 1.05 bits per heavy atom. The van der Waals surface area contributed by atoms with Crippen LogP contribution in [0.3, 0.4) is 0 Å². The van der Waals surface area contributed by atoms with Crippen molar-refractivity contribution in [3.63, 3.8) is 0 Å². The summed E-state index contributed by atoms with van der Waals surface area (Å²) in [5.41, 5.74) is 2.48. The van der Waals surface area contributed by atoms with Gasteiger partial charge in [-0.25, -0.2) is 13.4 Å². The van der Waals surface area contributed by atoms with Crippen LogP contribution in [-0.4, -0.2) is 32.3 Å². The maximum atomic E-state index is 13.5. The molecule has 1 unspecified atom stereocenters. The Bertz CT molecular complexity index is 1460. The number of halogens is 4.